The number of nitrogens with one attached hydrogen (secondary N) is 1. The second kappa shape index (κ2) is 5.89. The fourth-order valence-corrected chi connectivity index (χ4v) is 2.71. The van der Waals surface area contributed by atoms with Gasteiger partial charge in [0.25, 0.3) is 0 Å². The second-order valence-electron chi connectivity index (χ2n) is 4.45. The zero-order valence-corrected chi connectivity index (χ0v) is 13.6. The van der Waals surface area contributed by atoms with Crippen molar-refractivity contribution in [1.82, 2.24) is 0 Å². The first-order valence-electron chi connectivity index (χ1n) is 5.81. The number of benzene rings is 2. The monoisotopic (exact) mass is 367 g/mol. The van der Waals surface area contributed by atoms with E-state index in [1.807, 2.05) is 0 Å². The Balaban J connectivity index is 2.08. The van der Waals surface area contributed by atoms with Gasteiger partial charge in [0.05, 0.1) is 0 Å². The van der Waals surface area contributed by atoms with E-state index in [0.717, 1.165) is 21.2 Å². The van der Waals surface area contributed by atoms with Crippen LogP contribution in [-0.2, 0) is 6.54 Å². The first-order chi connectivity index (χ1) is 8.54. The van der Waals surface area contributed by atoms with Crippen LogP contribution in [0.2, 0.25) is 0 Å². The molecule has 2 aromatic carbocycles. The summed E-state index contributed by atoms with van der Waals surface area (Å²) in [5, 5.41) is 3.44. The highest BCUT2D eigenvalue weighted by atomic mass is 79.9. The predicted octanol–water partition coefficient (Wildman–Crippen LogP) is 5.44. The van der Waals surface area contributed by atoms with Crippen molar-refractivity contribution in [1.29, 1.82) is 0 Å². The lowest BCUT2D eigenvalue weighted by Crippen LogP contribution is -2.00. The van der Waals surface area contributed by atoms with E-state index in [2.05, 4.69) is 87.4 Å². The highest BCUT2D eigenvalue weighted by molar-refractivity contribution is 9.10. The molecule has 0 aliphatic carbocycles. The van der Waals surface area contributed by atoms with E-state index in [1.54, 1.807) is 0 Å². The van der Waals surface area contributed by atoms with E-state index < -0.39 is 0 Å². The molecule has 2 rings (SSSR count). The smallest absolute Gasteiger partial charge is 0.0400 e. The summed E-state index contributed by atoms with van der Waals surface area (Å²) >= 11 is 7.03. The molecule has 18 heavy (non-hydrogen) atoms. The average Bonchev–Trinajstić information content (AvgIpc) is 2.29. The van der Waals surface area contributed by atoms with Gasteiger partial charge < -0.3 is 5.32 Å². The molecule has 94 valence electrons. The minimum atomic E-state index is 0.837. The van der Waals surface area contributed by atoms with Crippen LogP contribution in [-0.4, -0.2) is 0 Å². The lowest BCUT2D eigenvalue weighted by atomic mass is 10.1. The Morgan fingerprint density at radius 1 is 1.00 bits per heavy atom. The molecule has 0 aromatic heterocycles. The molecule has 0 amide bonds. The van der Waals surface area contributed by atoms with Crippen LogP contribution in [0.5, 0.6) is 0 Å². The van der Waals surface area contributed by atoms with E-state index in [1.165, 1.54) is 16.7 Å². The molecule has 0 saturated carbocycles. The molecule has 0 saturated heterocycles. The SMILES string of the molecule is Cc1cc(Br)cc(NCc2ccc(Br)c(C)c2)c1. The van der Waals surface area contributed by atoms with Gasteiger partial charge in [0.1, 0.15) is 0 Å². The molecule has 0 aliphatic heterocycles. The van der Waals surface area contributed by atoms with Crippen LogP contribution in [0.15, 0.2) is 45.3 Å². The summed E-state index contributed by atoms with van der Waals surface area (Å²) in [7, 11) is 0. The molecular formula is C15H15Br2N. The Kier molecular flexibility index (Phi) is 4.46. The van der Waals surface area contributed by atoms with E-state index in [0.29, 0.717) is 0 Å². The zero-order valence-electron chi connectivity index (χ0n) is 10.4. The van der Waals surface area contributed by atoms with Gasteiger partial charge in [-0.15, -0.1) is 0 Å². The number of halogens is 2. The highest BCUT2D eigenvalue weighted by Gasteiger charge is 1.99. The molecule has 0 aliphatic rings. The number of hydrogen-bond acceptors (Lipinski definition) is 1. The molecule has 0 atom stereocenters. The van der Waals surface area contributed by atoms with Crippen molar-refractivity contribution in [2.24, 2.45) is 0 Å². The van der Waals surface area contributed by atoms with Crippen molar-refractivity contribution in [3.8, 4) is 0 Å². The van der Waals surface area contributed by atoms with Crippen molar-refractivity contribution in [2.45, 2.75) is 20.4 Å². The summed E-state index contributed by atoms with van der Waals surface area (Å²) in [5.74, 6) is 0. The Labute approximate surface area is 125 Å². The molecule has 0 radical (unpaired) electrons. The fourth-order valence-electron chi connectivity index (χ4n) is 1.86. The average molecular weight is 369 g/mol. The maximum atomic E-state index is 3.52. The third kappa shape index (κ3) is 3.59. The summed E-state index contributed by atoms with van der Waals surface area (Å²) in [6.45, 7) is 5.04. The number of hydrogen-bond donors (Lipinski definition) is 1. The van der Waals surface area contributed by atoms with Gasteiger partial charge in [0.15, 0.2) is 0 Å². The standard InChI is InChI=1S/C15H15Br2N/c1-10-5-13(16)8-14(6-10)18-9-12-3-4-15(17)11(2)7-12/h3-8,18H,9H2,1-2H3. The normalized spacial score (nSPS) is 10.4. The third-order valence-corrected chi connectivity index (χ3v) is 4.11. The van der Waals surface area contributed by atoms with Crippen LogP contribution in [0.1, 0.15) is 16.7 Å². The maximum Gasteiger partial charge on any atom is 0.0400 e. The van der Waals surface area contributed by atoms with Gasteiger partial charge in [-0.2, -0.15) is 0 Å². The summed E-state index contributed by atoms with van der Waals surface area (Å²) in [6.07, 6.45) is 0. The van der Waals surface area contributed by atoms with Gasteiger partial charge in [0.2, 0.25) is 0 Å². The van der Waals surface area contributed by atoms with Gasteiger partial charge in [-0.25, -0.2) is 0 Å². The summed E-state index contributed by atoms with van der Waals surface area (Å²) in [6, 6.07) is 12.8. The second-order valence-corrected chi connectivity index (χ2v) is 6.22. The Morgan fingerprint density at radius 2 is 1.78 bits per heavy atom. The Bertz CT molecular complexity index is 544. The molecule has 0 bridgehead atoms. The largest absolute Gasteiger partial charge is 0.381 e. The molecule has 1 nitrogen and oxygen atoms in total. The molecule has 2 aromatic rings. The third-order valence-electron chi connectivity index (χ3n) is 2.76. The van der Waals surface area contributed by atoms with E-state index in [-0.39, 0.29) is 0 Å². The first-order valence-corrected chi connectivity index (χ1v) is 7.39. The zero-order chi connectivity index (χ0) is 13.1. The number of anilines is 1. The number of rotatable bonds is 3. The minimum Gasteiger partial charge on any atom is -0.381 e. The van der Waals surface area contributed by atoms with E-state index >= 15 is 0 Å². The van der Waals surface area contributed by atoms with Crippen molar-refractivity contribution < 1.29 is 0 Å². The quantitative estimate of drug-likeness (QED) is 0.760. The lowest BCUT2D eigenvalue weighted by Gasteiger charge is -2.09. The van der Waals surface area contributed by atoms with E-state index in [9.17, 15) is 0 Å². The van der Waals surface area contributed by atoms with Crippen molar-refractivity contribution in [3.05, 3.63) is 62.0 Å². The molecule has 0 unspecified atom stereocenters. The Hall–Kier alpha value is -0.800. The molecular weight excluding hydrogens is 354 g/mol. The van der Waals surface area contributed by atoms with Crippen LogP contribution in [0, 0.1) is 13.8 Å². The molecule has 0 fully saturated rings. The molecule has 1 N–H and O–H groups in total. The van der Waals surface area contributed by atoms with Crippen molar-refractivity contribution in [3.63, 3.8) is 0 Å². The van der Waals surface area contributed by atoms with Crippen LogP contribution >= 0.6 is 31.9 Å². The maximum absolute atomic E-state index is 3.52. The fraction of sp³-hybridized carbons (Fsp3) is 0.200. The first kappa shape index (κ1) is 13.6. The van der Waals surface area contributed by atoms with Gasteiger partial charge in [0, 0.05) is 21.2 Å². The van der Waals surface area contributed by atoms with Crippen LogP contribution < -0.4 is 5.32 Å². The highest BCUT2D eigenvalue weighted by Crippen LogP contribution is 2.21. The topological polar surface area (TPSA) is 12.0 Å². The summed E-state index contributed by atoms with van der Waals surface area (Å²) < 4.78 is 2.27. The van der Waals surface area contributed by atoms with Gasteiger partial charge in [-0.1, -0.05) is 44.0 Å². The van der Waals surface area contributed by atoms with Gasteiger partial charge in [-0.05, 0) is 54.8 Å². The van der Waals surface area contributed by atoms with Crippen LogP contribution in [0.4, 0.5) is 5.69 Å². The van der Waals surface area contributed by atoms with Crippen LogP contribution in [0.25, 0.3) is 0 Å². The van der Waals surface area contributed by atoms with Gasteiger partial charge in [-0.3, -0.25) is 0 Å². The van der Waals surface area contributed by atoms with E-state index in [4.69, 9.17) is 0 Å². The molecule has 0 heterocycles. The predicted molar refractivity (Wildman–Crippen MR) is 85.1 cm³/mol. The minimum absolute atomic E-state index is 0.837. The Morgan fingerprint density at radius 3 is 2.44 bits per heavy atom. The molecule has 0 spiro atoms. The van der Waals surface area contributed by atoms with Crippen molar-refractivity contribution in [2.75, 3.05) is 5.32 Å². The lowest BCUT2D eigenvalue weighted by molar-refractivity contribution is 1.13. The number of aryl methyl sites for hydroxylation is 2. The van der Waals surface area contributed by atoms with Gasteiger partial charge >= 0.3 is 0 Å². The molecule has 3 heteroatoms. The summed E-state index contributed by atoms with van der Waals surface area (Å²) in [4.78, 5) is 0. The van der Waals surface area contributed by atoms with Crippen molar-refractivity contribution >= 4 is 37.5 Å². The summed E-state index contributed by atoms with van der Waals surface area (Å²) in [5.41, 5.74) is 4.94. The van der Waals surface area contributed by atoms with Crippen LogP contribution in [0.3, 0.4) is 0 Å².